The Morgan fingerprint density at radius 1 is 0.248 bits per heavy atom. The van der Waals surface area contributed by atoms with Gasteiger partial charge in [0.15, 0.2) is 37.7 Å². The summed E-state index contributed by atoms with van der Waals surface area (Å²) in [7, 11) is 0. The molecule has 0 radical (unpaired) electrons. The number of nitrogens with zero attached hydrogens (tertiary/aromatic N) is 4. The van der Waals surface area contributed by atoms with Gasteiger partial charge in [-0.25, -0.2) is 0 Å². The predicted octanol–water partition coefficient (Wildman–Crippen LogP) is -18.8. The monoisotopic (exact) mass is 1740 g/mol. The number of imide groups is 3. The van der Waals surface area contributed by atoms with Gasteiger partial charge in [-0.15, -0.1) is 0 Å². The summed E-state index contributed by atoms with van der Waals surface area (Å²) in [6, 6.07) is 0. The van der Waals surface area contributed by atoms with Crippen LogP contribution in [0.5, 0.6) is 0 Å². The number of likely N-dealkylation sites (tertiary alicyclic amines) is 3. The molecule has 0 aromatic heterocycles. The first-order chi connectivity index (χ1) is 57.4. The van der Waals surface area contributed by atoms with Crippen LogP contribution in [0.1, 0.15) is 0 Å². The van der Waals surface area contributed by atoms with Crippen LogP contribution in [0.3, 0.4) is 0 Å². The van der Waals surface area contributed by atoms with E-state index in [0.717, 1.165) is 14.7 Å². The summed E-state index contributed by atoms with van der Waals surface area (Å²) < 4.78 is 89.3. The van der Waals surface area contributed by atoms with E-state index in [0.29, 0.717) is 0 Å². The van der Waals surface area contributed by atoms with Gasteiger partial charge in [0.05, 0.1) is 115 Å². The van der Waals surface area contributed by atoms with Gasteiger partial charge in [0.25, 0.3) is 0 Å². The Labute approximate surface area is 683 Å². The molecule has 121 heavy (non-hydrogen) atoms. The Balaban J connectivity index is 0.741. The molecule has 42 atom stereocenters. The Morgan fingerprint density at radius 2 is 0.397 bits per heavy atom. The van der Waals surface area contributed by atoms with Crippen molar-refractivity contribution in [2.24, 2.45) is 35.5 Å². The van der Waals surface area contributed by atoms with E-state index in [1.807, 2.05) is 0 Å². The summed E-state index contributed by atoms with van der Waals surface area (Å²) in [6.45, 7) is -13.9. The molecule has 15 aliphatic rings. The van der Waals surface area contributed by atoms with Gasteiger partial charge in [0, 0.05) is 39.3 Å². The SMILES string of the molecule is O=C1C2C(C(=O)N1CCN(CCN1C(=O)C3C(C1=O)C1(CO[C@@H]4OC(CO)[C@H](O)[C@H](O)C4O)C=CC3(CO[C@@H]3OC(CO)[C@H](O)[C@H](O)C3O)O1)CCN1C(=O)C3C(C1=O)C1(CO[C@@H]4OC(CO)[C@H](O)[C@H](O)C4O)C=CC3(CO[C@@H]3OC(CO)[C@H](O)[C@H](O)C3O)O1)C1(CO[C@@H]3OC(CO)[C@H](O)[C@H](O)C3O)C=CC2(CO[C@@H]2OC(CO)[C@H](O)[C@H](O)C2O)O1. The first kappa shape index (κ1) is 90.8. The number of rotatable bonds is 33. The fraction of sp³-hybridized carbons (Fsp3) is 0.833. The Morgan fingerprint density at radius 3 is 0.537 bits per heavy atom. The lowest BCUT2D eigenvalue weighted by Gasteiger charge is -2.41. The Hall–Kier alpha value is -4.96. The smallest absolute Gasteiger partial charge is 0.236 e. The van der Waals surface area contributed by atoms with Crippen molar-refractivity contribution in [3.8, 4) is 0 Å². The predicted molar refractivity (Wildman–Crippen MR) is 373 cm³/mol. The van der Waals surface area contributed by atoms with Crippen molar-refractivity contribution < 1.29 is 222 Å². The third-order valence-electron chi connectivity index (χ3n) is 26.3. The van der Waals surface area contributed by atoms with E-state index in [4.69, 9.17) is 71.1 Å². The minimum absolute atomic E-state index is 0.531. The summed E-state index contributed by atoms with van der Waals surface area (Å²) in [5.74, 6) is -16.0. The number of aliphatic hydroxyl groups excluding tert-OH is 24. The van der Waals surface area contributed by atoms with Gasteiger partial charge in [-0.2, -0.15) is 0 Å². The molecule has 15 rings (SSSR count). The van der Waals surface area contributed by atoms with Gasteiger partial charge in [-0.3, -0.25) is 48.4 Å². The second kappa shape index (κ2) is 34.6. The molecule has 0 spiro atoms. The van der Waals surface area contributed by atoms with Crippen LogP contribution in [0.25, 0.3) is 0 Å². The minimum atomic E-state index is -2.08. The fourth-order valence-corrected chi connectivity index (χ4v) is 19.5. The summed E-state index contributed by atoms with van der Waals surface area (Å²) in [5, 5.41) is 255. The molecule has 6 bridgehead atoms. The highest BCUT2D eigenvalue weighted by atomic mass is 16.8. The van der Waals surface area contributed by atoms with Gasteiger partial charge in [-0.05, 0) is 0 Å². The van der Waals surface area contributed by atoms with E-state index >= 15 is 28.8 Å². The van der Waals surface area contributed by atoms with Crippen LogP contribution in [-0.4, -0.2) is 514 Å². The average Bonchev–Trinajstić information content (AvgIpc) is 1.53. The van der Waals surface area contributed by atoms with E-state index in [1.54, 1.807) is 0 Å². The van der Waals surface area contributed by atoms with E-state index in [-0.39, 0.29) is 0 Å². The zero-order valence-electron chi connectivity index (χ0n) is 64.1. The van der Waals surface area contributed by atoms with Crippen molar-refractivity contribution in [2.75, 3.05) is 119 Å². The molecular formula is C72H102N4O45. The van der Waals surface area contributed by atoms with Gasteiger partial charge < -0.3 is 194 Å². The normalized spacial score (nSPS) is 50.2. The second-order valence-electron chi connectivity index (χ2n) is 33.3. The second-order valence-corrected chi connectivity index (χ2v) is 33.3. The van der Waals surface area contributed by atoms with Crippen molar-refractivity contribution in [2.45, 2.75) is 218 Å². The first-order valence-corrected chi connectivity index (χ1v) is 39.5. The molecule has 15 heterocycles. The summed E-state index contributed by atoms with van der Waals surface area (Å²) >= 11 is 0. The molecule has 12 saturated heterocycles. The van der Waals surface area contributed by atoms with E-state index in [2.05, 4.69) is 0 Å². The Bertz CT molecular complexity index is 3280. The van der Waals surface area contributed by atoms with Gasteiger partial charge in [0.1, 0.15) is 180 Å². The minimum Gasteiger partial charge on any atom is -0.394 e. The van der Waals surface area contributed by atoms with E-state index in [9.17, 15) is 123 Å². The highest BCUT2D eigenvalue weighted by Crippen LogP contribution is 2.62. The molecule has 15 aliphatic heterocycles. The molecule has 0 aromatic rings. The van der Waals surface area contributed by atoms with Crippen LogP contribution >= 0.6 is 0 Å². The molecule has 0 aromatic carbocycles. The maximum atomic E-state index is 15.5. The van der Waals surface area contributed by atoms with Crippen molar-refractivity contribution in [3.63, 3.8) is 0 Å². The fourth-order valence-electron chi connectivity index (χ4n) is 19.5. The maximum Gasteiger partial charge on any atom is 0.236 e. The third kappa shape index (κ3) is 15.0. The van der Waals surface area contributed by atoms with Gasteiger partial charge in [0.2, 0.25) is 35.4 Å². The first-order valence-electron chi connectivity index (χ1n) is 39.5. The maximum absolute atomic E-state index is 15.5. The number of amides is 6. The van der Waals surface area contributed by atoms with Crippen LogP contribution in [0.4, 0.5) is 0 Å². The molecule has 24 unspecified atom stereocenters. The number of hydrogen-bond acceptors (Lipinski definition) is 46. The number of aliphatic hydroxyl groups is 24. The molecule has 24 N–H and O–H groups in total. The van der Waals surface area contributed by atoms with Gasteiger partial charge in [-0.1, -0.05) is 36.5 Å². The average molecular weight is 1740 g/mol. The van der Waals surface area contributed by atoms with Crippen LogP contribution < -0.4 is 0 Å². The number of carbonyl (C=O) groups is 6. The highest BCUT2D eigenvalue weighted by molar-refractivity contribution is 6.09. The van der Waals surface area contributed by atoms with Crippen molar-refractivity contribution in [3.05, 3.63) is 36.5 Å². The van der Waals surface area contributed by atoms with Crippen LogP contribution in [0.2, 0.25) is 0 Å². The van der Waals surface area contributed by atoms with Crippen molar-refractivity contribution >= 4 is 35.4 Å². The number of ether oxygens (including phenoxy) is 15. The molecule has 12 fully saturated rings. The Kier molecular flexibility index (Phi) is 25.9. The van der Waals surface area contributed by atoms with Crippen LogP contribution in [0.15, 0.2) is 36.5 Å². The molecule has 0 aliphatic carbocycles. The molecule has 6 amide bonds. The van der Waals surface area contributed by atoms with E-state index in [1.165, 1.54) is 41.4 Å². The van der Waals surface area contributed by atoms with Crippen molar-refractivity contribution in [1.82, 2.24) is 19.6 Å². The topological polar surface area (TPSA) is 739 Å². The van der Waals surface area contributed by atoms with Crippen molar-refractivity contribution in [1.29, 1.82) is 0 Å². The summed E-state index contributed by atoms with van der Waals surface area (Å²) in [6.07, 6.45) is -47.5. The lowest BCUT2D eigenvalue weighted by molar-refractivity contribution is -0.314. The molecule has 49 nitrogen and oxygen atoms in total. The quantitative estimate of drug-likeness (QED) is 0.0214. The molecule has 0 saturated carbocycles. The molecular weight excluding hydrogens is 1640 g/mol. The lowest BCUT2D eigenvalue weighted by Crippen LogP contribution is -2.60. The van der Waals surface area contributed by atoms with Crippen LogP contribution in [-0.2, 0) is 99.8 Å². The largest absolute Gasteiger partial charge is 0.394 e. The molecule has 680 valence electrons. The standard InChI is InChI=1S/C72H102N4O45/c77-13-25-37(83)43(89)49(95)61(113-25)107-19-67-1-2-68(119-67,20-108-62-50(96)44(90)38(84)26(14-78)114-62)32-31(67)55(101)74(56(32)102)10-7-73(8-11-75-57(103)33-34(58(75)104)70(22-110-64-52(98)46(92)40(86)28(16-80)116-64)4-3-69(33,120-70)21-109-63-51(97)45(91)39(85)27(15-79)115-63)9-12-76-59(105)35-36(60(76)106)72(24-112-66-54(100)48(94)42(88)30(18-82)118-66)6-5-71(35,121-72)23-111-65-53(99)47(93)41(87)29(17-81)117-65/h1-6,25-54,61-66,77-100H,7-24H2/t25?,26?,27?,28?,29?,30?,31?,32?,33?,34?,35?,36?,37-,38-,39-,40-,41-,42-,43-,44-,45-,46-,47-,48-,49?,50?,51?,52?,53?,54?,61+,62+,63+,64+,65+,66+,67?,68?,69?,70?,71?,72?/m0/s1. The van der Waals surface area contributed by atoms with E-state index < -0.39 is 407 Å². The zero-order chi connectivity index (χ0) is 87.1. The number of fused-ring (bicyclic) bond motifs is 15. The highest BCUT2D eigenvalue weighted by Gasteiger charge is 2.78. The lowest BCUT2D eigenvalue weighted by atomic mass is 9.72. The summed E-state index contributed by atoms with van der Waals surface area (Å²) in [5.41, 5.74) is -12.5. The third-order valence-corrected chi connectivity index (χ3v) is 26.3. The number of hydrogen-bond donors (Lipinski definition) is 24. The number of carbonyl (C=O) groups excluding carboxylic acids is 6. The van der Waals surface area contributed by atoms with Crippen LogP contribution in [0, 0.1) is 35.5 Å². The van der Waals surface area contributed by atoms with Gasteiger partial charge >= 0.3 is 0 Å². The molecule has 49 heteroatoms. The summed E-state index contributed by atoms with van der Waals surface area (Å²) in [4.78, 5) is 96.9. The zero-order valence-corrected chi connectivity index (χ0v) is 64.1.